The molecule has 212 valence electrons. The number of unbranched alkanes of at least 4 members (excludes halogenated alkanes) is 2. The Morgan fingerprint density at radius 3 is 2.32 bits per heavy atom. The van der Waals surface area contributed by atoms with E-state index in [1.54, 1.807) is 54.6 Å². The number of carbonyl (C=O) groups excluding carboxylic acids is 2. The second-order valence-corrected chi connectivity index (χ2v) is 10.1. The predicted octanol–water partition coefficient (Wildman–Crippen LogP) is 6.52. The van der Waals surface area contributed by atoms with Crippen molar-refractivity contribution in [3.8, 4) is 0 Å². The van der Waals surface area contributed by atoms with Crippen LogP contribution in [0.2, 0.25) is 0 Å². The molecule has 0 aliphatic heterocycles. The van der Waals surface area contributed by atoms with Gasteiger partial charge in [0.05, 0.1) is 23.8 Å². The number of nitrogens with zero attached hydrogens (tertiary/aromatic N) is 2. The third kappa shape index (κ3) is 7.78. The lowest BCUT2D eigenvalue weighted by molar-refractivity contribution is -0.133. The highest BCUT2D eigenvalue weighted by atomic mass is 19.1. The first-order valence-corrected chi connectivity index (χ1v) is 13.9. The summed E-state index contributed by atoms with van der Waals surface area (Å²) in [7, 11) is 0. The van der Waals surface area contributed by atoms with Crippen LogP contribution in [-0.4, -0.2) is 34.7 Å². The number of aryl methyl sites for hydroxylation is 1. The van der Waals surface area contributed by atoms with Crippen molar-refractivity contribution in [2.75, 3.05) is 13.1 Å². The summed E-state index contributed by atoms with van der Waals surface area (Å²) >= 11 is 0. The van der Waals surface area contributed by atoms with E-state index < -0.39 is 0 Å². The quantitative estimate of drug-likeness (QED) is 0.139. The van der Waals surface area contributed by atoms with Crippen molar-refractivity contribution in [1.82, 2.24) is 9.80 Å². The Morgan fingerprint density at radius 1 is 0.902 bits per heavy atom. The Morgan fingerprint density at radius 2 is 1.61 bits per heavy atom. The van der Waals surface area contributed by atoms with Gasteiger partial charge in [-0.2, -0.15) is 0 Å². The van der Waals surface area contributed by atoms with Gasteiger partial charge in [-0.05, 0) is 60.4 Å². The molecular weight excluding hydrogens is 519 g/mol. The highest BCUT2D eigenvalue weighted by Gasteiger charge is 2.23. The number of hydrogen-bond donors (Lipinski definition) is 0. The summed E-state index contributed by atoms with van der Waals surface area (Å²) in [4.78, 5) is 43.2. The number of benzene rings is 3. The van der Waals surface area contributed by atoms with Gasteiger partial charge in [-0.1, -0.05) is 62.2 Å². The molecule has 0 atom stereocenters. The van der Waals surface area contributed by atoms with E-state index in [2.05, 4.69) is 13.5 Å². The molecule has 0 unspecified atom stereocenters. The molecule has 7 heteroatoms. The highest BCUT2D eigenvalue weighted by molar-refractivity contribution is 5.96. The van der Waals surface area contributed by atoms with Gasteiger partial charge < -0.3 is 14.2 Å². The van der Waals surface area contributed by atoms with E-state index in [9.17, 15) is 18.8 Å². The molecule has 0 saturated heterocycles. The molecule has 1 aromatic heterocycles. The lowest BCUT2D eigenvalue weighted by atomic mass is 10.0. The van der Waals surface area contributed by atoms with Gasteiger partial charge in [0.2, 0.25) is 5.91 Å². The molecule has 6 nitrogen and oxygen atoms in total. The Kier molecular flexibility index (Phi) is 10.2. The van der Waals surface area contributed by atoms with Crippen molar-refractivity contribution in [2.45, 2.75) is 45.7 Å². The van der Waals surface area contributed by atoms with Gasteiger partial charge in [0.15, 0.2) is 5.43 Å². The van der Waals surface area contributed by atoms with Crippen LogP contribution in [0.3, 0.4) is 0 Å². The third-order valence-electron chi connectivity index (χ3n) is 6.98. The summed E-state index contributed by atoms with van der Waals surface area (Å²) in [6.07, 6.45) is 7.30. The normalized spacial score (nSPS) is 10.9. The van der Waals surface area contributed by atoms with Gasteiger partial charge >= 0.3 is 0 Å². The SMILES string of the molecule is C=CCN(CC(=O)N(Cc1ccc(F)cc1)Cc1coc2ccccc2c1=O)C(=O)c1ccc(CCCCC)cc1. The first kappa shape index (κ1) is 29.5. The van der Waals surface area contributed by atoms with E-state index in [-0.39, 0.29) is 49.2 Å². The van der Waals surface area contributed by atoms with Gasteiger partial charge in [-0.3, -0.25) is 14.4 Å². The molecule has 4 rings (SSSR count). The first-order valence-electron chi connectivity index (χ1n) is 13.9. The zero-order valence-electron chi connectivity index (χ0n) is 23.4. The number of hydrogen-bond acceptors (Lipinski definition) is 4. The number of para-hydroxylation sites is 1. The Hall–Kier alpha value is -4.52. The molecule has 0 fully saturated rings. The molecule has 0 radical (unpaired) electrons. The fraction of sp³-hybridized carbons (Fsp3) is 0.265. The number of amides is 2. The minimum Gasteiger partial charge on any atom is -0.464 e. The minimum absolute atomic E-state index is 0.0358. The predicted molar refractivity (Wildman–Crippen MR) is 159 cm³/mol. The largest absolute Gasteiger partial charge is 0.464 e. The number of rotatable bonds is 13. The van der Waals surface area contributed by atoms with Crippen molar-refractivity contribution in [1.29, 1.82) is 0 Å². The van der Waals surface area contributed by atoms with Gasteiger partial charge in [-0.15, -0.1) is 6.58 Å². The van der Waals surface area contributed by atoms with Gasteiger partial charge in [0.25, 0.3) is 5.91 Å². The molecular formula is C34H35FN2O4. The van der Waals surface area contributed by atoms with Crippen LogP contribution in [0.15, 0.2) is 101 Å². The molecule has 0 bridgehead atoms. The molecule has 0 N–H and O–H groups in total. The monoisotopic (exact) mass is 554 g/mol. The van der Waals surface area contributed by atoms with E-state index in [0.29, 0.717) is 27.7 Å². The van der Waals surface area contributed by atoms with Crippen LogP contribution in [0.5, 0.6) is 0 Å². The van der Waals surface area contributed by atoms with E-state index in [1.165, 1.54) is 33.8 Å². The van der Waals surface area contributed by atoms with Gasteiger partial charge in [-0.25, -0.2) is 4.39 Å². The van der Waals surface area contributed by atoms with Gasteiger partial charge in [0, 0.05) is 18.7 Å². The Bertz CT molecular complexity index is 1540. The van der Waals surface area contributed by atoms with Crippen LogP contribution in [-0.2, 0) is 24.3 Å². The maximum Gasteiger partial charge on any atom is 0.254 e. The van der Waals surface area contributed by atoms with Crippen molar-refractivity contribution >= 4 is 22.8 Å². The van der Waals surface area contributed by atoms with Crippen molar-refractivity contribution in [2.24, 2.45) is 0 Å². The summed E-state index contributed by atoms with van der Waals surface area (Å²) in [6.45, 7) is 5.96. The van der Waals surface area contributed by atoms with Crippen LogP contribution in [0.4, 0.5) is 4.39 Å². The number of fused-ring (bicyclic) bond motifs is 1. The maximum absolute atomic E-state index is 13.7. The first-order chi connectivity index (χ1) is 19.9. The molecule has 3 aromatic carbocycles. The zero-order chi connectivity index (χ0) is 29.2. The van der Waals surface area contributed by atoms with Crippen LogP contribution >= 0.6 is 0 Å². The fourth-order valence-corrected chi connectivity index (χ4v) is 4.69. The van der Waals surface area contributed by atoms with Crippen LogP contribution < -0.4 is 5.43 Å². The smallest absolute Gasteiger partial charge is 0.254 e. The van der Waals surface area contributed by atoms with Gasteiger partial charge in [0.1, 0.15) is 17.9 Å². The highest BCUT2D eigenvalue weighted by Crippen LogP contribution is 2.16. The second kappa shape index (κ2) is 14.2. The lowest BCUT2D eigenvalue weighted by Gasteiger charge is -2.27. The fourth-order valence-electron chi connectivity index (χ4n) is 4.69. The average molecular weight is 555 g/mol. The van der Waals surface area contributed by atoms with Crippen molar-refractivity contribution < 1.29 is 18.4 Å². The summed E-state index contributed by atoms with van der Waals surface area (Å²) in [5, 5.41) is 0.417. The number of halogens is 1. The molecule has 2 amide bonds. The van der Waals surface area contributed by atoms with Crippen LogP contribution in [0.1, 0.15) is 53.2 Å². The van der Waals surface area contributed by atoms with Crippen LogP contribution in [0.25, 0.3) is 11.0 Å². The van der Waals surface area contributed by atoms with Crippen molar-refractivity contribution in [3.63, 3.8) is 0 Å². The summed E-state index contributed by atoms with van der Waals surface area (Å²) < 4.78 is 19.2. The Balaban J connectivity index is 1.56. The summed E-state index contributed by atoms with van der Waals surface area (Å²) in [5.74, 6) is -1.04. The topological polar surface area (TPSA) is 70.8 Å². The average Bonchev–Trinajstić information content (AvgIpc) is 2.99. The summed E-state index contributed by atoms with van der Waals surface area (Å²) in [6, 6.07) is 20.2. The third-order valence-corrected chi connectivity index (χ3v) is 6.98. The lowest BCUT2D eigenvalue weighted by Crippen LogP contribution is -2.43. The molecule has 41 heavy (non-hydrogen) atoms. The van der Waals surface area contributed by atoms with E-state index in [0.717, 1.165) is 25.7 Å². The van der Waals surface area contributed by atoms with Crippen molar-refractivity contribution in [3.05, 3.63) is 130 Å². The van der Waals surface area contributed by atoms with Crippen LogP contribution in [0, 0.1) is 5.82 Å². The molecule has 1 heterocycles. The van der Waals surface area contributed by atoms with E-state index in [4.69, 9.17) is 4.42 Å². The summed E-state index contributed by atoms with van der Waals surface area (Å²) in [5.41, 5.74) is 2.86. The number of carbonyl (C=O) groups is 2. The molecule has 4 aromatic rings. The standard InChI is InChI=1S/C34H35FN2O4/c1-3-5-6-9-25-12-16-27(17-13-25)34(40)36(20-4-2)23-32(38)37(21-26-14-18-29(35)19-15-26)22-28-24-41-31-11-8-7-10-30(31)33(28)39/h4,7-8,10-19,24H,2-3,5-6,9,20-23H2,1H3. The maximum atomic E-state index is 13.7. The minimum atomic E-state index is -0.388. The van der Waals surface area contributed by atoms with E-state index >= 15 is 0 Å². The second-order valence-electron chi connectivity index (χ2n) is 10.1. The zero-order valence-corrected chi connectivity index (χ0v) is 23.4. The molecule has 0 aliphatic rings. The van der Waals surface area contributed by atoms with E-state index in [1.807, 2.05) is 12.1 Å². The molecule has 0 spiro atoms. The molecule has 0 saturated carbocycles. The molecule has 0 aliphatic carbocycles. The Labute approximate surface area is 239 Å².